The van der Waals surface area contributed by atoms with Crippen molar-refractivity contribution < 1.29 is 0 Å². The van der Waals surface area contributed by atoms with Gasteiger partial charge in [0.15, 0.2) is 0 Å². The minimum atomic E-state index is 0. The monoisotopic (exact) mass is 388 g/mol. The van der Waals surface area contributed by atoms with Crippen LogP contribution in [0.15, 0.2) is 72.8 Å². The molecule has 0 heterocycles. The van der Waals surface area contributed by atoms with Crippen LogP contribution in [0.3, 0.4) is 0 Å². The Morgan fingerprint density at radius 1 is 0.679 bits per heavy atom. The van der Waals surface area contributed by atoms with Crippen molar-refractivity contribution in [2.75, 3.05) is 0 Å². The first-order valence-corrected chi connectivity index (χ1v) is 8.56. The second kappa shape index (κ2) is 21.5. The molecule has 0 spiro atoms. The molecule has 0 aliphatic rings. The molecule has 0 aliphatic heterocycles. The zero-order valence-electron chi connectivity index (χ0n) is 13.9. The average Bonchev–Trinajstić information content (AvgIpc) is 2.59. The summed E-state index contributed by atoms with van der Waals surface area (Å²) in [4.78, 5) is 0. The first-order chi connectivity index (χ1) is 10.8. The number of hydrogen-bond donors (Lipinski definition) is 0. The Labute approximate surface area is 180 Å². The van der Waals surface area contributed by atoms with Crippen LogP contribution < -0.4 is 0 Å². The first-order valence-electron chi connectivity index (χ1n) is 8.56. The van der Waals surface area contributed by atoms with Crippen LogP contribution in [0, 0.1) is 0 Å². The Kier molecular flexibility index (Phi) is 28.4. The van der Waals surface area contributed by atoms with E-state index < -0.39 is 0 Å². The molecule has 2 rings (SSSR count). The number of allylic oxidation sites excluding steroid dienone is 2. The van der Waals surface area contributed by atoms with E-state index in [4.69, 9.17) is 0 Å². The Balaban J connectivity index is -0.000000294. The van der Waals surface area contributed by atoms with Gasteiger partial charge in [-0.3, -0.25) is 0 Å². The van der Waals surface area contributed by atoms with Crippen LogP contribution in [0.25, 0.3) is 0 Å². The van der Waals surface area contributed by atoms with Gasteiger partial charge in [0.1, 0.15) is 0 Å². The van der Waals surface area contributed by atoms with Gasteiger partial charge >= 0.3 is 0 Å². The van der Waals surface area contributed by atoms with E-state index in [1.165, 1.54) is 30.4 Å². The van der Waals surface area contributed by atoms with Gasteiger partial charge in [-0.15, -0.1) is 0 Å². The number of rotatable bonds is 8. The molecule has 0 amide bonds. The van der Waals surface area contributed by atoms with Gasteiger partial charge in [0.25, 0.3) is 0 Å². The van der Waals surface area contributed by atoms with Crippen molar-refractivity contribution in [2.45, 2.75) is 95.9 Å². The lowest BCUT2D eigenvalue weighted by Crippen LogP contribution is -1.95. The molecule has 0 radical (unpaired) electrons. The Morgan fingerprint density at radius 3 is 1.61 bits per heavy atom. The highest BCUT2D eigenvalue weighted by atomic mass is 14.1. The van der Waals surface area contributed by atoms with Crippen molar-refractivity contribution in [3.05, 3.63) is 83.9 Å². The third-order valence-electron chi connectivity index (χ3n) is 4.49. The van der Waals surface area contributed by atoms with Crippen LogP contribution in [-0.2, 0) is 0 Å². The highest BCUT2D eigenvalue weighted by Crippen LogP contribution is 2.24. The van der Waals surface area contributed by atoms with Crippen LogP contribution in [0.2, 0.25) is 0 Å². The largest absolute Gasteiger partial charge is 0.0885 e. The van der Waals surface area contributed by atoms with Gasteiger partial charge in [0, 0.05) is 0 Å². The summed E-state index contributed by atoms with van der Waals surface area (Å²) in [5, 5.41) is 0. The standard InChI is InChI=1S/C22H28.6CH4/c1-3-20(22-17-11-6-12-18-22)14-8-4-7-13-19(2)21-15-9-5-10-16-21;;;;;;/h4-6,8-12,15-20H,3,7,13-14H2,1-2H3;6*1H4/b8-4-;;;;;;. The minimum absolute atomic E-state index is 0. The molecule has 2 unspecified atom stereocenters. The molecule has 0 saturated heterocycles. The van der Waals surface area contributed by atoms with Crippen molar-refractivity contribution in [3.63, 3.8) is 0 Å². The third-order valence-corrected chi connectivity index (χ3v) is 4.49. The predicted octanol–water partition coefficient (Wildman–Crippen LogP) is 10.5. The molecule has 0 heteroatoms. The van der Waals surface area contributed by atoms with Gasteiger partial charge in [-0.25, -0.2) is 0 Å². The zero-order chi connectivity index (χ0) is 15.6. The summed E-state index contributed by atoms with van der Waals surface area (Å²) in [5.41, 5.74) is 2.92. The Morgan fingerprint density at radius 2 is 1.14 bits per heavy atom. The molecule has 2 aromatic rings. The summed E-state index contributed by atoms with van der Waals surface area (Å²) in [6, 6.07) is 21.7. The van der Waals surface area contributed by atoms with Crippen LogP contribution in [0.5, 0.6) is 0 Å². The Bertz CT molecular complexity index is 539. The maximum Gasteiger partial charge on any atom is -0.0130 e. The smallest absolute Gasteiger partial charge is 0.0130 e. The molecule has 0 aliphatic carbocycles. The fraction of sp³-hybridized carbons (Fsp3) is 0.500. The van der Waals surface area contributed by atoms with Crippen molar-refractivity contribution in [1.29, 1.82) is 0 Å². The second-order valence-corrected chi connectivity index (χ2v) is 6.11. The molecule has 0 N–H and O–H groups in total. The number of hydrogen-bond acceptors (Lipinski definition) is 0. The summed E-state index contributed by atoms with van der Waals surface area (Å²) < 4.78 is 0. The molecule has 2 aromatic carbocycles. The van der Waals surface area contributed by atoms with Gasteiger partial charge in [0.2, 0.25) is 0 Å². The fourth-order valence-corrected chi connectivity index (χ4v) is 2.94. The third kappa shape index (κ3) is 12.5. The quantitative estimate of drug-likeness (QED) is 0.394. The summed E-state index contributed by atoms with van der Waals surface area (Å²) in [6.45, 7) is 4.60. The topological polar surface area (TPSA) is 0 Å². The molecule has 0 bridgehead atoms. The van der Waals surface area contributed by atoms with E-state index in [0.29, 0.717) is 11.8 Å². The highest BCUT2D eigenvalue weighted by Gasteiger charge is 2.06. The van der Waals surface area contributed by atoms with Crippen LogP contribution in [-0.4, -0.2) is 0 Å². The fourth-order valence-electron chi connectivity index (χ4n) is 2.94. The lowest BCUT2D eigenvalue weighted by atomic mass is 9.92. The van der Waals surface area contributed by atoms with E-state index >= 15 is 0 Å². The molecular weight excluding hydrogens is 336 g/mol. The first kappa shape index (κ1) is 37.0. The van der Waals surface area contributed by atoms with E-state index in [1.807, 2.05) is 0 Å². The molecule has 0 nitrogen and oxygen atoms in total. The highest BCUT2D eigenvalue weighted by molar-refractivity contribution is 5.20. The van der Waals surface area contributed by atoms with E-state index in [1.54, 1.807) is 0 Å². The summed E-state index contributed by atoms with van der Waals surface area (Å²) >= 11 is 0. The van der Waals surface area contributed by atoms with E-state index in [9.17, 15) is 0 Å². The summed E-state index contributed by atoms with van der Waals surface area (Å²) in [5.74, 6) is 1.30. The molecular formula is C28H52. The SMILES string of the molecule is C.C.C.C.C.C.CCC(C/C=C\CCC(C)c1ccccc1)c1ccccc1. The predicted molar refractivity (Wildman–Crippen MR) is 138 cm³/mol. The molecule has 0 fully saturated rings. The van der Waals surface area contributed by atoms with Gasteiger partial charge in [-0.2, -0.15) is 0 Å². The van der Waals surface area contributed by atoms with Crippen molar-refractivity contribution in [2.24, 2.45) is 0 Å². The van der Waals surface area contributed by atoms with Crippen LogP contribution in [0.1, 0.15) is 107 Å². The lowest BCUT2D eigenvalue weighted by Gasteiger charge is -2.13. The van der Waals surface area contributed by atoms with Crippen molar-refractivity contribution in [3.8, 4) is 0 Å². The van der Waals surface area contributed by atoms with Gasteiger partial charge in [0.05, 0.1) is 0 Å². The summed E-state index contributed by atoms with van der Waals surface area (Å²) in [6.07, 6.45) is 9.49. The maximum absolute atomic E-state index is 2.37. The number of benzene rings is 2. The second-order valence-electron chi connectivity index (χ2n) is 6.11. The van der Waals surface area contributed by atoms with Gasteiger partial charge < -0.3 is 0 Å². The molecule has 164 valence electrons. The summed E-state index contributed by atoms with van der Waals surface area (Å²) in [7, 11) is 0. The van der Waals surface area contributed by atoms with Crippen LogP contribution in [0.4, 0.5) is 0 Å². The van der Waals surface area contributed by atoms with Crippen molar-refractivity contribution >= 4 is 0 Å². The average molecular weight is 389 g/mol. The molecule has 28 heavy (non-hydrogen) atoms. The Hall–Kier alpha value is -1.82. The lowest BCUT2D eigenvalue weighted by molar-refractivity contribution is 0.665. The normalized spacial score (nSPS) is 11.1. The molecule has 0 saturated carbocycles. The van der Waals surface area contributed by atoms with E-state index in [-0.39, 0.29) is 44.6 Å². The molecule has 2 atom stereocenters. The zero-order valence-corrected chi connectivity index (χ0v) is 13.9. The van der Waals surface area contributed by atoms with E-state index in [2.05, 4.69) is 86.7 Å². The van der Waals surface area contributed by atoms with Crippen LogP contribution >= 0.6 is 0 Å². The van der Waals surface area contributed by atoms with E-state index in [0.717, 1.165) is 6.42 Å². The van der Waals surface area contributed by atoms with Gasteiger partial charge in [-0.05, 0) is 48.6 Å². The van der Waals surface area contributed by atoms with Gasteiger partial charge in [-0.1, -0.05) is 131 Å². The maximum atomic E-state index is 2.37. The minimum Gasteiger partial charge on any atom is -0.0885 e. The van der Waals surface area contributed by atoms with Crippen molar-refractivity contribution in [1.82, 2.24) is 0 Å². The molecule has 0 aromatic heterocycles.